The van der Waals surface area contributed by atoms with Crippen LogP contribution in [0.15, 0.2) is 30.3 Å². The molecule has 1 fully saturated rings. The normalized spacial score (nSPS) is 26.1. The van der Waals surface area contributed by atoms with Crippen LogP contribution in [0.1, 0.15) is 18.4 Å². The summed E-state index contributed by atoms with van der Waals surface area (Å²) in [7, 11) is 0. The lowest BCUT2D eigenvalue weighted by Gasteiger charge is -2.28. The molecule has 1 aliphatic heterocycles. The Bertz CT molecular complexity index is 337. The number of carbonyl (C=O) groups is 1. The Morgan fingerprint density at radius 2 is 2.07 bits per heavy atom. The molecule has 1 aliphatic rings. The molecule has 1 saturated heterocycles. The first-order valence-corrected chi connectivity index (χ1v) is 5.27. The lowest BCUT2D eigenvalue weighted by Crippen LogP contribution is -2.49. The van der Waals surface area contributed by atoms with E-state index >= 15 is 0 Å². The third kappa shape index (κ3) is 2.57. The molecule has 2 rings (SSSR count). The van der Waals surface area contributed by atoms with E-state index in [9.17, 15) is 9.90 Å². The van der Waals surface area contributed by atoms with Crippen LogP contribution in [0.2, 0.25) is 0 Å². The summed E-state index contributed by atoms with van der Waals surface area (Å²) in [6.07, 6.45) is 1.30. The van der Waals surface area contributed by atoms with Crippen LogP contribution in [0.4, 0.5) is 0 Å². The topological polar surface area (TPSA) is 49.3 Å². The van der Waals surface area contributed by atoms with Gasteiger partial charge in [0.25, 0.3) is 0 Å². The van der Waals surface area contributed by atoms with Gasteiger partial charge in [0, 0.05) is 6.42 Å². The summed E-state index contributed by atoms with van der Waals surface area (Å²) in [5.41, 5.74) is 1.14. The van der Waals surface area contributed by atoms with E-state index < -0.39 is 6.10 Å². The number of aliphatic hydroxyl groups is 1. The average Bonchev–Trinajstić information content (AvgIpc) is 2.25. The molecule has 2 atom stereocenters. The Labute approximate surface area is 89.1 Å². The fraction of sp³-hybridized carbons (Fsp3) is 0.417. The van der Waals surface area contributed by atoms with Crippen LogP contribution in [0, 0.1) is 0 Å². The second-order valence-corrected chi connectivity index (χ2v) is 3.97. The zero-order chi connectivity index (χ0) is 10.7. The highest BCUT2D eigenvalue weighted by molar-refractivity contribution is 5.77. The van der Waals surface area contributed by atoms with Crippen molar-refractivity contribution in [1.82, 2.24) is 5.32 Å². The molecule has 0 bridgehead atoms. The van der Waals surface area contributed by atoms with Crippen molar-refractivity contribution in [2.24, 2.45) is 0 Å². The molecule has 1 aromatic rings. The van der Waals surface area contributed by atoms with Gasteiger partial charge in [-0.3, -0.25) is 4.79 Å². The summed E-state index contributed by atoms with van der Waals surface area (Å²) in [5, 5.41) is 12.6. The predicted octanol–water partition coefficient (Wildman–Crippen LogP) is 0.869. The zero-order valence-electron chi connectivity index (χ0n) is 8.52. The number of nitrogens with one attached hydrogen (secondary N) is 1. The maximum absolute atomic E-state index is 11.2. The maximum Gasteiger partial charge on any atom is 0.220 e. The Hall–Kier alpha value is -1.35. The number of hydrogen-bond acceptors (Lipinski definition) is 2. The van der Waals surface area contributed by atoms with Crippen molar-refractivity contribution >= 4 is 5.91 Å². The average molecular weight is 205 g/mol. The van der Waals surface area contributed by atoms with E-state index in [1.165, 1.54) is 0 Å². The summed E-state index contributed by atoms with van der Waals surface area (Å²) in [4.78, 5) is 11.2. The molecule has 1 aromatic carbocycles. The fourth-order valence-corrected chi connectivity index (χ4v) is 1.91. The van der Waals surface area contributed by atoms with Crippen LogP contribution in [0.25, 0.3) is 0 Å². The van der Waals surface area contributed by atoms with E-state index in [1.54, 1.807) is 0 Å². The monoisotopic (exact) mass is 205 g/mol. The van der Waals surface area contributed by atoms with Crippen molar-refractivity contribution in [3.63, 3.8) is 0 Å². The SMILES string of the molecule is O=C1CC[C@@H](O)[C@H](Cc2ccccc2)N1. The van der Waals surface area contributed by atoms with E-state index in [4.69, 9.17) is 0 Å². The van der Waals surface area contributed by atoms with E-state index in [0.717, 1.165) is 5.56 Å². The minimum atomic E-state index is -0.414. The van der Waals surface area contributed by atoms with Gasteiger partial charge in [-0.15, -0.1) is 0 Å². The largest absolute Gasteiger partial charge is 0.391 e. The molecule has 0 aromatic heterocycles. The highest BCUT2D eigenvalue weighted by Crippen LogP contribution is 2.14. The molecule has 0 radical (unpaired) electrons. The molecule has 15 heavy (non-hydrogen) atoms. The minimum Gasteiger partial charge on any atom is -0.391 e. The number of amides is 1. The van der Waals surface area contributed by atoms with Crippen LogP contribution in [0.5, 0.6) is 0 Å². The highest BCUT2D eigenvalue weighted by atomic mass is 16.3. The molecular formula is C12H15NO2. The van der Waals surface area contributed by atoms with Gasteiger partial charge in [0.05, 0.1) is 12.1 Å². The summed E-state index contributed by atoms with van der Waals surface area (Å²) < 4.78 is 0. The number of piperidine rings is 1. The van der Waals surface area contributed by atoms with Crippen molar-refractivity contribution in [1.29, 1.82) is 0 Å². The van der Waals surface area contributed by atoms with Crippen molar-refractivity contribution in [3.05, 3.63) is 35.9 Å². The van der Waals surface area contributed by atoms with Gasteiger partial charge in [-0.1, -0.05) is 30.3 Å². The van der Waals surface area contributed by atoms with Crippen LogP contribution >= 0.6 is 0 Å². The Balaban J connectivity index is 2.01. The highest BCUT2D eigenvalue weighted by Gasteiger charge is 2.26. The van der Waals surface area contributed by atoms with E-state index in [2.05, 4.69) is 5.32 Å². The Morgan fingerprint density at radius 1 is 1.33 bits per heavy atom. The number of carbonyl (C=O) groups excluding carboxylic acids is 1. The zero-order valence-corrected chi connectivity index (χ0v) is 8.52. The first-order valence-electron chi connectivity index (χ1n) is 5.27. The van der Waals surface area contributed by atoms with Gasteiger partial charge in [0.1, 0.15) is 0 Å². The van der Waals surface area contributed by atoms with Crippen molar-refractivity contribution in [2.45, 2.75) is 31.4 Å². The fourth-order valence-electron chi connectivity index (χ4n) is 1.91. The summed E-state index contributed by atoms with van der Waals surface area (Å²) >= 11 is 0. The molecule has 0 aliphatic carbocycles. The summed E-state index contributed by atoms with van der Waals surface area (Å²) in [6.45, 7) is 0. The lowest BCUT2D eigenvalue weighted by molar-refractivity contribution is -0.125. The second-order valence-electron chi connectivity index (χ2n) is 3.97. The summed E-state index contributed by atoms with van der Waals surface area (Å²) in [6, 6.07) is 9.77. The molecule has 1 amide bonds. The van der Waals surface area contributed by atoms with Crippen molar-refractivity contribution in [3.8, 4) is 0 Å². The van der Waals surface area contributed by atoms with Gasteiger partial charge in [-0.2, -0.15) is 0 Å². The van der Waals surface area contributed by atoms with Gasteiger partial charge in [0.15, 0.2) is 0 Å². The molecule has 1 heterocycles. The van der Waals surface area contributed by atoms with E-state index in [0.29, 0.717) is 19.3 Å². The van der Waals surface area contributed by atoms with E-state index in [-0.39, 0.29) is 11.9 Å². The van der Waals surface area contributed by atoms with Gasteiger partial charge >= 0.3 is 0 Å². The van der Waals surface area contributed by atoms with Gasteiger partial charge < -0.3 is 10.4 Å². The third-order valence-electron chi connectivity index (χ3n) is 2.78. The Kier molecular flexibility index (Phi) is 3.02. The minimum absolute atomic E-state index is 0.0428. The standard InChI is InChI=1S/C12H15NO2/c14-11-6-7-12(15)13-10(11)8-9-4-2-1-3-5-9/h1-5,10-11,14H,6-8H2,(H,13,15)/t10-,11+/m0/s1. The number of aliphatic hydroxyl groups excluding tert-OH is 1. The molecule has 3 nitrogen and oxygen atoms in total. The quantitative estimate of drug-likeness (QED) is 0.752. The van der Waals surface area contributed by atoms with Gasteiger partial charge in [-0.25, -0.2) is 0 Å². The smallest absolute Gasteiger partial charge is 0.220 e. The first kappa shape index (κ1) is 10.2. The number of rotatable bonds is 2. The van der Waals surface area contributed by atoms with Crippen molar-refractivity contribution < 1.29 is 9.90 Å². The van der Waals surface area contributed by atoms with Crippen LogP contribution in [-0.4, -0.2) is 23.2 Å². The van der Waals surface area contributed by atoms with Crippen LogP contribution < -0.4 is 5.32 Å². The molecule has 0 unspecified atom stereocenters. The molecule has 2 N–H and O–H groups in total. The van der Waals surface area contributed by atoms with Crippen LogP contribution in [-0.2, 0) is 11.2 Å². The third-order valence-corrected chi connectivity index (χ3v) is 2.78. The molecular weight excluding hydrogens is 190 g/mol. The van der Waals surface area contributed by atoms with Gasteiger partial charge in [0.2, 0.25) is 5.91 Å². The molecule has 0 saturated carbocycles. The maximum atomic E-state index is 11.2. The number of benzene rings is 1. The lowest BCUT2D eigenvalue weighted by atomic mass is 9.95. The molecule has 3 heteroatoms. The molecule has 0 spiro atoms. The predicted molar refractivity (Wildman–Crippen MR) is 57.3 cm³/mol. The van der Waals surface area contributed by atoms with Crippen molar-refractivity contribution in [2.75, 3.05) is 0 Å². The van der Waals surface area contributed by atoms with Crippen LogP contribution in [0.3, 0.4) is 0 Å². The summed E-state index contributed by atoms with van der Waals surface area (Å²) in [5.74, 6) is 0.0428. The van der Waals surface area contributed by atoms with E-state index in [1.807, 2.05) is 30.3 Å². The Morgan fingerprint density at radius 3 is 2.80 bits per heavy atom. The number of hydrogen-bond donors (Lipinski definition) is 2. The molecule has 80 valence electrons. The first-order chi connectivity index (χ1) is 7.25. The second kappa shape index (κ2) is 4.45. The van der Waals surface area contributed by atoms with Gasteiger partial charge in [-0.05, 0) is 18.4 Å².